The lowest BCUT2D eigenvalue weighted by molar-refractivity contribution is -0.134. The highest BCUT2D eigenvalue weighted by atomic mass is 16.2. The summed E-state index contributed by atoms with van der Waals surface area (Å²) in [6.45, 7) is 6.60. The van der Waals surface area contributed by atoms with Crippen LogP contribution in [0.3, 0.4) is 0 Å². The summed E-state index contributed by atoms with van der Waals surface area (Å²) in [5.74, 6) is -0.159. The number of rotatable bonds is 5. The van der Waals surface area contributed by atoms with Crippen LogP contribution in [0.25, 0.3) is 0 Å². The molecule has 2 aromatic rings. The third-order valence-corrected chi connectivity index (χ3v) is 6.96. The highest BCUT2D eigenvalue weighted by Crippen LogP contribution is 2.25. The number of nitrogens with zero attached hydrogens (tertiary/aromatic N) is 2. The second kappa shape index (κ2) is 10.2. The number of hydrogen-bond acceptors (Lipinski definition) is 3. The summed E-state index contributed by atoms with van der Waals surface area (Å²) in [4.78, 5) is 43.1. The highest BCUT2D eigenvalue weighted by Gasteiger charge is 2.37. The van der Waals surface area contributed by atoms with E-state index in [0.29, 0.717) is 31.5 Å². The molecule has 0 saturated carbocycles. The van der Waals surface area contributed by atoms with Gasteiger partial charge in [0.05, 0.1) is 0 Å². The van der Waals surface area contributed by atoms with Crippen molar-refractivity contribution in [1.82, 2.24) is 15.1 Å². The third-order valence-electron chi connectivity index (χ3n) is 6.96. The topological polar surface area (TPSA) is 69.7 Å². The second-order valence-electron chi connectivity index (χ2n) is 9.29. The molecular weight excluding hydrogens is 414 g/mol. The zero-order valence-electron chi connectivity index (χ0n) is 19.5. The fourth-order valence-electron chi connectivity index (χ4n) is 4.86. The molecule has 2 fully saturated rings. The van der Waals surface area contributed by atoms with E-state index in [9.17, 15) is 14.4 Å². The molecule has 0 aromatic heterocycles. The third kappa shape index (κ3) is 5.27. The molecule has 0 spiro atoms. The van der Waals surface area contributed by atoms with Gasteiger partial charge in [0.1, 0.15) is 6.04 Å². The molecule has 3 amide bonds. The summed E-state index contributed by atoms with van der Waals surface area (Å²) in [6, 6.07) is 14.5. The first kappa shape index (κ1) is 23.0. The van der Waals surface area contributed by atoms with Crippen LogP contribution in [0.2, 0.25) is 0 Å². The normalized spacial score (nSPS) is 17.6. The monoisotopic (exact) mass is 447 g/mol. The molecule has 1 atom stereocenters. The maximum absolute atomic E-state index is 13.4. The molecule has 0 aliphatic carbocycles. The Labute approximate surface area is 196 Å². The summed E-state index contributed by atoms with van der Waals surface area (Å²) in [7, 11) is 0. The van der Waals surface area contributed by atoms with Gasteiger partial charge in [-0.05, 0) is 69.2 Å². The van der Waals surface area contributed by atoms with Crippen molar-refractivity contribution in [3.8, 4) is 0 Å². The smallest absolute Gasteiger partial charge is 0.254 e. The molecule has 174 valence electrons. The number of nitrogens with one attached hydrogen (secondary N) is 1. The molecule has 2 aromatic carbocycles. The number of amides is 3. The molecule has 0 radical (unpaired) electrons. The molecule has 6 heteroatoms. The first-order valence-electron chi connectivity index (χ1n) is 12.0. The fourth-order valence-corrected chi connectivity index (χ4v) is 4.86. The first-order valence-corrected chi connectivity index (χ1v) is 12.0. The minimum Gasteiger partial charge on any atom is -0.341 e. The molecule has 1 unspecified atom stereocenters. The van der Waals surface area contributed by atoms with Crippen LogP contribution in [0.4, 0.5) is 0 Å². The number of carbonyl (C=O) groups is 3. The molecule has 1 N–H and O–H groups in total. The summed E-state index contributed by atoms with van der Waals surface area (Å²) < 4.78 is 0. The van der Waals surface area contributed by atoms with Gasteiger partial charge in [-0.3, -0.25) is 14.4 Å². The molecule has 2 saturated heterocycles. The summed E-state index contributed by atoms with van der Waals surface area (Å²) >= 11 is 0. The molecule has 4 rings (SSSR count). The van der Waals surface area contributed by atoms with Crippen molar-refractivity contribution in [3.63, 3.8) is 0 Å². The van der Waals surface area contributed by atoms with Crippen molar-refractivity contribution in [1.29, 1.82) is 0 Å². The molecule has 6 nitrogen and oxygen atoms in total. The molecule has 2 aliphatic rings. The average molecular weight is 448 g/mol. The van der Waals surface area contributed by atoms with E-state index in [4.69, 9.17) is 0 Å². The second-order valence-corrected chi connectivity index (χ2v) is 9.29. The fraction of sp³-hybridized carbons (Fsp3) is 0.444. The Balaban J connectivity index is 1.46. The lowest BCUT2D eigenvalue weighted by Crippen LogP contribution is -2.54. The molecule has 2 aliphatic heterocycles. The van der Waals surface area contributed by atoms with Crippen LogP contribution in [0, 0.1) is 19.8 Å². The van der Waals surface area contributed by atoms with Gasteiger partial charge in [-0.25, -0.2) is 0 Å². The van der Waals surface area contributed by atoms with Crippen LogP contribution in [-0.2, 0) is 4.79 Å². The number of likely N-dealkylation sites (tertiary alicyclic amines) is 2. The highest BCUT2D eigenvalue weighted by molar-refractivity contribution is 5.98. The van der Waals surface area contributed by atoms with Crippen molar-refractivity contribution in [2.45, 2.75) is 45.6 Å². The van der Waals surface area contributed by atoms with E-state index in [1.165, 1.54) is 0 Å². The number of benzene rings is 2. The van der Waals surface area contributed by atoms with Crippen LogP contribution in [-0.4, -0.2) is 59.7 Å². The Bertz CT molecular complexity index is 1000. The Morgan fingerprint density at radius 3 is 2.12 bits per heavy atom. The predicted octanol–water partition coefficient (Wildman–Crippen LogP) is 3.58. The molecule has 0 bridgehead atoms. The first-order chi connectivity index (χ1) is 15.9. The van der Waals surface area contributed by atoms with E-state index in [-0.39, 0.29) is 23.6 Å². The molecule has 2 heterocycles. The van der Waals surface area contributed by atoms with Gasteiger partial charge in [0.25, 0.3) is 11.8 Å². The van der Waals surface area contributed by atoms with Gasteiger partial charge in [0, 0.05) is 37.3 Å². The number of aryl methyl sites for hydroxylation is 2. The maximum Gasteiger partial charge on any atom is 0.254 e. The van der Waals surface area contributed by atoms with Crippen molar-refractivity contribution in [2.75, 3.05) is 26.2 Å². The Kier molecular flexibility index (Phi) is 7.11. The van der Waals surface area contributed by atoms with Crippen molar-refractivity contribution < 1.29 is 14.4 Å². The van der Waals surface area contributed by atoms with Gasteiger partial charge >= 0.3 is 0 Å². The lowest BCUT2D eigenvalue weighted by Gasteiger charge is -2.37. The van der Waals surface area contributed by atoms with Crippen molar-refractivity contribution >= 4 is 17.7 Å². The van der Waals surface area contributed by atoms with Crippen LogP contribution >= 0.6 is 0 Å². The van der Waals surface area contributed by atoms with Gasteiger partial charge < -0.3 is 15.1 Å². The van der Waals surface area contributed by atoms with E-state index < -0.39 is 6.04 Å². The summed E-state index contributed by atoms with van der Waals surface area (Å²) in [6.07, 6.45) is 3.40. The Hall–Kier alpha value is -3.15. The number of piperidine rings is 1. The zero-order chi connectivity index (χ0) is 23.4. The van der Waals surface area contributed by atoms with Crippen molar-refractivity contribution in [3.05, 3.63) is 70.8 Å². The SMILES string of the molecule is Cc1ccc(C(=O)NC(C(=O)N2CCCC2)C2CCN(C(=O)c3ccccc3C)CC2)cc1. The van der Waals surface area contributed by atoms with E-state index in [1.807, 2.05) is 60.0 Å². The molecular formula is C27H33N3O3. The van der Waals surface area contributed by atoms with E-state index >= 15 is 0 Å². The minimum absolute atomic E-state index is 0.00780. The van der Waals surface area contributed by atoms with Crippen LogP contribution < -0.4 is 5.32 Å². The quantitative estimate of drug-likeness (QED) is 0.762. The van der Waals surface area contributed by atoms with Gasteiger partial charge in [-0.1, -0.05) is 35.9 Å². The number of hydrogen-bond donors (Lipinski definition) is 1. The van der Waals surface area contributed by atoms with Gasteiger partial charge in [-0.2, -0.15) is 0 Å². The van der Waals surface area contributed by atoms with Crippen molar-refractivity contribution in [2.24, 2.45) is 5.92 Å². The van der Waals surface area contributed by atoms with E-state index in [0.717, 1.165) is 42.6 Å². The minimum atomic E-state index is -0.562. The van der Waals surface area contributed by atoms with Crippen LogP contribution in [0.1, 0.15) is 57.5 Å². The van der Waals surface area contributed by atoms with E-state index in [2.05, 4.69) is 5.32 Å². The zero-order valence-corrected chi connectivity index (χ0v) is 19.5. The Morgan fingerprint density at radius 1 is 0.848 bits per heavy atom. The lowest BCUT2D eigenvalue weighted by atomic mass is 9.87. The number of carbonyl (C=O) groups excluding carboxylic acids is 3. The predicted molar refractivity (Wildman–Crippen MR) is 128 cm³/mol. The van der Waals surface area contributed by atoms with Gasteiger partial charge in [-0.15, -0.1) is 0 Å². The average Bonchev–Trinajstić information content (AvgIpc) is 3.38. The van der Waals surface area contributed by atoms with Gasteiger partial charge in [0.15, 0.2) is 0 Å². The standard InChI is InChI=1S/C27H33N3O3/c1-19-9-11-22(12-10-19)25(31)28-24(27(33)29-15-5-6-16-29)21-13-17-30(18-14-21)26(32)23-8-4-3-7-20(23)2/h3-4,7-12,21,24H,5-6,13-18H2,1-2H3,(H,28,31). The Morgan fingerprint density at radius 2 is 1.48 bits per heavy atom. The van der Waals surface area contributed by atoms with Gasteiger partial charge in [0.2, 0.25) is 5.91 Å². The maximum atomic E-state index is 13.4. The summed E-state index contributed by atoms with van der Waals surface area (Å²) in [5, 5.41) is 3.05. The molecule has 33 heavy (non-hydrogen) atoms. The van der Waals surface area contributed by atoms with Crippen LogP contribution in [0.5, 0.6) is 0 Å². The van der Waals surface area contributed by atoms with Crippen LogP contribution in [0.15, 0.2) is 48.5 Å². The largest absolute Gasteiger partial charge is 0.341 e. The van der Waals surface area contributed by atoms with E-state index in [1.54, 1.807) is 12.1 Å². The summed E-state index contributed by atoms with van der Waals surface area (Å²) in [5.41, 5.74) is 3.35.